The third-order valence-electron chi connectivity index (χ3n) is 3.98. The zero-order chi connectivity index (χ0) is 17.1. The van der Waals surface area contributed by atoms with Gasteiger partial charge in [-0.2, -0.15) is 0 Å². The molecule has 1 amide bonds. The van der Waals surface area contributed by atoms with E-state index in [4.69, 9.17) is 4.74 Å². The number of aromatic nitrogens is 2. The van der Waals surface area contributed by atoms with Crippen molar-refractivity contribution in [2.45, 2.75) is 19.4 Å². The van der Waals surface area contributed by atoms with E-state index in [2.05, 4.69) is 23.0 Å². The van der Waals surface area contributed by atoms with Crippen LogP contribution in [0, 0.1) is 6.92 Å². The van der Waals surface area contributed by atoms with Gasteiger partial charge in [-0.3, -0.25) is 9.78 Å². The maximum Gasteiger partial charge on any atom is 0.228 e. The number of thiophene rings is 1. The highest BCUT2D eigenvalue weighted by atomic mass is 32.1. The molecular formula is C17H22N4O2S. The highest BCUT2D eigenvalue weighted by Gasteiger charge is 2.29. The van der Waals surface area contributed by atoms with Crippen LogP contribution >= 0.6 is 11.3 Å². The molecule has 0 bridgehead atoms. The SMILES string of the molecule is Cc1ccc(CC(=O)N2CCOC(c3nccnc3N(C)C)C2)s1. The van der Waals surface area contributed by atoms with Gasteiger partial charge in [0.15, 0.2) is 5.82 Å². The van der Waals surface area contributed by atoms with Crippen molar-refractivity contribution in [1.82, 2.24) is 14.9 Å². The smallest absolute Gasteiger partial charge is 0.228 e. The molecule has 7 heteroatoms. The average Bonchev–Trinajstić information content (AvgIpc) is 2.99. The molecule has 3 heterocycles. The first kappa shape index (κ1) is 16.9. The van der Waals surface area contributed by atoms with Crippen molar-refractivity contribution < 1.29 is 9.53 Å². The molecule has 0 aromatic carbocycles. The summed E-state index contributed by atoms with van der Waals surface area (Å²) in [5, 5.41) is 0. The van der Waals surface area contributed by atoms with E-state index in [1.165, 1.54) is 4.88 Å². The molecule has 1 atom stereocenters. The van der Waals surface area contributed by atoms with Crippen LogP contribution in [0.2, 0.25) is 0 Å². The highest BCUT2D eigenvalue weighted by molar-refractivity contribution is 7.12. The predicted octanol–water partition coefficient (Wildman–Crippen LogP) is 2.06. The van der Waals surface area contributed by atoms with Gasteiger partial charge in [0.2, 0.25) is 5.91 Å². The Hall–Kier alpha value is -1.99. The number of nitrogens with zero attached hydrogens (tertiary/aromatic N) is 4. The van der Waals surface area contributed by atoms with E-state index in [0.717, 1.165) is 16.4 Å². The lowest BCUT2D eigenvalue weighted by atomic mass is 10.1. The molecule has 3 rings (SSSR count). The fourth-order valence-electron chi connectivity index (χ4n) is 2.80. The molecule has 0 radical (unpaired) electrons. The molecule has 128 valence electrons. The Morgan fingerprint density at radius 3 is 2.88 bits per heavy atom. The summed E-state index contributed by atoms with van der Waals surface area (Å²) in [4.78, 5) is 27.5. The number of anilines is 1. The monoisotopic (exact) mass is 346 g/mol. The van der Waals surface area contributed by atoms with Gasteiger partial charge in [-0.05, 0) is 19.1 Å². The van der Waals surface area contributed by atoms with Gasteiger partial charge in [-0.15, -0.1) is 11.3 Å². The van der Waals surface area contributed by atoms with Crippen molar-refractivity contribution >= 4 is 23.1 Å². The number of carbonyl (C=O) groups excluding carboxylic acids is 1. The largest absolute Gasteiger partial charge is 0.368 e. The number of rotatable bonds is 4. The zero-order valence-electron chi connectivity index (χ0n) is 14.2. The molecule has 1 unspecified atom stereocenters. The van der Waals surface area contributed by atoms with E-state index < -0.39 is 0 Å². The average molecular weight is 346 g/mol. The normalized spacial score (nSPS) is 17.8. The van der Waals surface area contributed by atoms with Gasteiger partial charge in [-0.1, -0.05) is 0 Å². The van der Waals surface area contributed by atoms with Crippen LogP contribution in [0.3, 0.4) is 0 Å². The fraction of sp³-hybridized carbons (Fsp3) is 0.471. The summed E-state index contributed by atoms with van der Waals surface area (Å²) in [6.45, 7) is 3.71. The quantitative estimate of drug-likeness (QED) is 0.848. The summed E-state index contributed by atoms with van der Waals surface area (Å²) in [5.74, 6) is 0.922. The summed E-state index contributed by atoms with van der Waals surface area (Å²) in [7, 11) is 3.86. The van der Waals surface area contributed by atoms with Crippen molar-refractivity contribution in [1.29, 1.82) is 0 Å². The Balaban J connectivity index is 1.71. The maximum absolute atomic E-state index is 12.6. The molecule has 1 aliphatic rings. The van der Waals surface area contributed by atoms with Gasteiger partial charge in [0.25, 0.3) is 0 Å². The summed E-state index contributed by atoms with van der Waals surface area (Å²) < 4.78 is 5.87. The highest BCUT2D eigenvalue weighted by Crippen LogP contribution is 2.27. The minimum Gasteiger partial charge on any atom is -0.368 e. The molecule has 24 heavy (non-hydrogen) atoms. The van der Waals surface area contributed by atoms with E-state index >= 15 is 0 Å². The van der Waals surface area contributed by atoms with E-state index in [9.17, 15) is 4.79 Å². The third kappa shape index (κ3) is 3.73. The Morgan fingerprint density at radius 1 is 1.38 bits per heavy atom. The zero-order valence-corrected chi connectivity index (χ0v) is 15.0. The van der Waals surface area contributed by atoms with Crippen LogP contribution < -0.4 is 4.90 Å². The predicted molar refractivity (Wildman–Crippen MR) is 94.4 cm³/mol. The van der Waals surface area contributed by atoms with E-state index in [1.54, 1.807) is 23.7 Å². The second-order valence-corrected chi connectivity index (χ2v) is 7.42. The molecule has 2 aromatic rings. The molecule has 0 aliphatic carbocycles. The number of hydrogen-bond acceptors (Lipinski definition) is 6. The second-order valence-electron chi connectivity index (χ2n) is 6.05. The van der Waals surface area contributed by atoms with Crippen LogP contribution in [0.25, 0.3) is 0 Å². The first-order valence-corrected chi connectivity index (χ1v) is 8.79. The van der Waals surface area contributed by atoms with Crippen LogP contribution in [0.15, 0.2) is 24.5 Å². The Bertz CT molecular complexity index is 716. The molecule has 0 N–H and O–H groups in total. The van der Waals surface area contributed by atoms with Crippen molar-refractivity contribution in [2.75, 3.05) is 38.7 Å². The van der Waals surface area contributed by atoms with Crippen LogP contribution in [0.4, 0.5) is 5.82 Å². The van der Waals surface area contributed by atoms with Crippen LogP contribution in [-0.2, 0) is 16.0 Å². The van der Waals surface area contributed by atoms with Gasteiger partial charge in [0.05, 0.1) is 19.6 Å². The molecule has 1 fully saturated rings. The van der Waals surface area contributed by atoms with Crippen molar-refractivity contribution in [2.24, 2.45) is 0 Å². The van der Waals surface area contributed by atoms with Gasteiger partial charge < -0.3 is 14.5 Å². The lowest BCUT2D eigenvalue weighted by Gasteiger charge is -2.33. The van der Waals surface area contributed by atoms with E-state index in [-0.39, 0.29) is 12.0 Å². The molecule has 0 spiro atoms. The number of aryl methyl sites for hydroxylation is 1. The topological polar surface area (TPSA) is 58.6 Å². The summed E-state index contributed by atoms with van der Waals surface area (Å²) >= 11 is 1.68. The Morgan fingerprint density at radius 2 is 2.17 bits per heavy atom. The number of ether oxygens (including phenoxy) is 1. The third-order valence-corrected chi connectivity index (χ3v) is 4.98. The first-order valence-electron chi connectivity index (χ1n) is 7.97. The Kier molecular flexibility index (Phi) is 5.11. The van der Waals surface area contributed by atoms with Gasteiger partial charge in [-0.25, -0.2) is 4.98 Å². The summed E-state index contributed by atoms with van der Waals surface area (Å²) in [5.41, 5.74) is 0.784. The molecule has 1 saturated heterocycles. The second kappa shape index (κ2) is 7.27. The van der Waals surface area contributed by atoms with E-state index in [1.807, 2.05) is 30.0 Å². The molecule has 2 aromatic heterocycles. The van der Waals surface area contributed by atoms with Gasteiger partial charge in [0, 0.05) is 42.8 Å². The molecule has 0 saturated carbocycles. The van der Waals surface area contributed by atoms with Crippen molar-refractivity contribution in [3.05, 3.63) is 40.0 Å². The van der Waals surface area contributed by atoms with Crippen molar-refractivity contribution in [3.63, 3.8) is 0 Å². The minimum absolute atomic E-state index is 0.139. The summed E-state index contributed by atoms with van der Waals surface area (Å²) in [6.07, 6.45) is 3.55. The molecular weight excluding hydrogens is 324 g/mol. The molecule has 6 nitrogen and oxygen atoms in total. The van der Waals surface area contributed by atoms with Gasteiger partial charge >= 0.3 is 0 Å². The Labute approximate surface area is 146 Å². The molecule has 1 aliphatic heterocycles. The van der Waals surface area contributed by atoms with Crippen LogP contribution in [-0.4, -0.2) is 54.6 Å². The van der Waals surface area contributed by atoms with E-state index in [0.29, 0.717) is 26.1 Å². The summed E-state index contributed by atoms with van der Waals surface area (Å²) in [6, 6.07) is 4.08. The maximum atomic E-state index is 12.6. The minimum atomic E-state index is -0.237. The van der Waals surface area contributed by atoms with Gasteiger partial charge in [0.1, 0.15) is 11.8 Å². The van der Waals surface area contributed by atoms with Crippen LogP contribution in [0.5, 0.6) is 0 Å². The number of hydrogen-bond donors (Lipinski definition) is 0. The fourth-order valence-corrected chi connectivity index (χ4v) is 3.68. The first-order chi connectivity index (χ1) is 11.5. The number of amides is 1. The lowest BCUT2D eigenvalue weighted by Crippen LogP contribution is -2.43. The van der Waals surface area contributed by atoms with Crippen molar-refractivity contribution in [3.8, 4) is 0 Å². The standard InChI is InChI=1S/C17H22N4O2S/c1-12-4-5-13(24-12)10-15(22)21-8-9-23-14(11-21)16-17(20(2)3)19-7-6-18-16/h4-7,14H,8-11H2,1-3H3. The lowest BCUT2D eigenvalue weighted by molar-refractivity contribution is -0.138. The number of morpholine rings is 1. The number of carbonyl (C=O) groups is 1. The van der Waals surface area contributed by atoms with Crippen LogP contribution in [0.1, 0.15) is 21.6 Å².